The zero-order valence-electron chi connectivity index (χ0n) is 11.2. The monoisotopic (exact) mass is 278 g/mol. The molecule has 0 aliphatic heterocycles. The Bertz CT molecular complexity index is 621. The molecule has 19 heavy (non-hydrogen) atoms. The molecule has 1 fully saturated rings. The largest absolute Gasteiger partial charge is 0.477 e. The van der Waals surface area contributed by atoms with E-state index in [1.165, 1.54) is 24.2 Å². The van der Waals surface area contributed by atoms with Crippen LogP contribution in [0.4, 0.5) is 0 Å². The Morgan fingerprint density at radius 2 is 2.16 bits per heavy atom. The molecule has 0 bridgehead atoms. The number of carbonyl (C=O) groups is 1. The van der Waals surface area contributed by atoms with E-state index in [0.717, 1.165) is 28.8 Å². The van der Waals surface area contributed by atoms with E-state index in [-0.39, 0.29) is 0 Å². The van der Waals surface area contributed by atoms with Gasteiger partial charge < -0.3 is 5.11 Å². The number of carboxylic acids is 1. The highest BCUT2D eigenvalue weighted by Gasteiger charge is 2.25. The number of nitrogens with zero attached hydrogens (tertiary/aromatic N) is 2. The van der Waals surface area contributed by atoms with Gasteiger partial charge in [-0.05, 0) is 24.8 Å². The van der Waals surface area contributed by atoms with Crippen molar-refractivity contribution >= 4 is 27.5 Å². The van der Waals surface area contributed by atoms with Gasteiger partial charge in [0, 0.05) is 5.39 Å². The van der Waals surface area contributed by atoms with Crippen LogP contribution in [-0.2, 0) is 0 Å². The molecular weight excluding hydrogens is 260 g/mol. The van der Waals surface area contributed by atoms with Gasteiger partial charge in [0.25, 0.3) is 0 Å². The first-order valence-corrected chi connectivity index (χ1v) is 7.65. The zero-order valence-corrected chi connectivity index (χ0v) is 12.0. The number of rotatable bonds is 3. The summed E-state index contributed by atoms with van der Waals surface area (Å²) in [6.07, 6.45) is 4.82. The normalized spacial score (nSPS) is 16.8. The van der Waals surface area contributed by atoms with Crippen molar-refractivity contribution in [1.82, 2.24) is 9.78 Å². The van der Waals surface area contributed by atoms with Crippen LogP contribution in [0.2, 0.25) is 0 Å². The summed E-state index contributed by atoms with van der Waals surface area (Å²) in [6.45, 7) is 4.22. The average Bonchev–Trinajstić information content (AvgIpc) is 3.03. The molecule has 102 valence electrons. The highest BCUT2D eigenvalue weighted by Crippen LogP contribution is 2.38. The van der Waals surface area contributed by atoms with Crippen LogP contribution in [-0.4, -0.2) is 20.9 Å². The van der Waals surface area contributed by atoms with Crippen LogP contribution in [0.1, 0.15) is 66.9 Å². The maximum absolute atomic E-state index is 11.2. The summed E-state index contributed by atoms with van der Waals surface area (Å²) in [5.41, 5.74) is 1.03. The molecule has 2 aromatic heterocycles. The summed E-state index contributed by atoms with van der Waals surface area (Å²) in [7, 11) is 0. The average molecular weight is 278 g/mol. The maximum atomic E-state index is 11.2. The Balaban J connectivity index is 2.17. The van der Waals surface area contributed by atoms with Gasteiger partial charge in [-0.2, -0.15) is 5.10 Å². The number of fused-ring (bicyclic) bond motifs is 1. The Kier molecular flexibility index (Phi) is 3.09. The fourth-order valence-electron chi connectivity index (χ4n) is 2.88. The van der Waals surface area contributed by atoms with Crippen LogP contribution in [0.25, 0.3) is 10.2 Å². The van der Waals surface area contributed by atoms with Crippen molar-refractivity contribution in [3.63, 3.8) is 0 Å². The van der Waals surface area contributed by atoms with E-state index in [9.17, 15) is 9.90 Å². The maximum Gasteiger partial charge on any atom is 0.345 e. The fourth-order valence-corrected chi connectivity index (χ4v) is 3.91. The van der Waals surface area contributed by atoms with Gasteiger partial charge in [0.1, 0.15) is 9.71 Å². The molecule has 0 amide bonds. The quantitative estimate of drug-likeness (QED) is 0.922. The predicted octanol–water partition coefficient (Wildman–Crippen LogP) is 4.03. The molecule has 3 rings (SSSR count). The molecule has 1 N–H and O–H groups in total. The minimum absolute atomic E-state index is 0.321. The van der Waals surface area contributed by atoms with E-state index in [1.54, 1.807) is 6.07 Å². The van der Waals surface area contributed by atoms with E-state index < -0.39 is 5.97 Å². The van der Waals surface area contributed by atoms with Gasteiger partial charge in [-0.25, -0.2) is 4.79 Å². The third-order valence-electron chi connectivity index (χ3n) is 3.84. The summed E-state index contributed by atoms with van der Waals surface area (Å²) in [4.78, 5) is 12.6. The first-order chi connectivity index (χ1) is 9.08. The third kappa shape index (κ3) is 2.06. The smallest absolute Gasteiger partial charge is 0.345 e. The number of aromatic nitrogens is 2. The molecule has 0 atom stereocenters. The molecule has 0 saturated heterocycles. The van der Waals surface area contributed by atoms with Crippen molar-refractivity contribution in [3.05, 3.63) is 16.6 Å². The standard InChI is InChI=1S/C14H18N2O2S/c1-8(2)12-10-7-11(14(17)18)19-13(10)16(15-12)9-5-3-4-6-9/h7-9H,3-6H2,1-2H3,(H,17,18). The molecule has 2 heterocycles. The number of thiophene rings is 1. The third-order valence-corrected chi connectivity index (χ3v) is 4.95. The lowest BCUT2D eigenvalue weighted by molar-refractivity contribution is 0.0702. The second kappa shape index (κ2) is 4.63. The van der Waals surface area contributed by atoms with E-state index in [1.807, 2.05) is 0 Å². The van der Waals surface area contributed by atoms with Crippen molar-refractivity contribution in [2.45, 2.75) is 51.5 Å². The molecular formula is C14H18N2O2S. The van der Waals surface area contributed by atoms with Crippen LogP contribution >= 0.6 is 11.3 Å². The minimum Gasteiger partial charge on any atom is -0.477 e. The molecule has 0 unspecified atom stereocenters. The Hall–Kier alpha value is -1.36. The number of hydrogen-bond acceptors (Lipinski definition) is 3. The first-order valence-electron chi connectivity index (χ1n) is 6.83. The highest BCUT2D eigenvalue weighted by molar-refractivity contribution is 7.20. The van der Waals surface area contributed by atoms with Gasteiger partial charge >= 0.3 is 5.97 Å². The lowest BCUT2D eigenvalue weighted by Gasteiger charge is -2.10. The van der Waals surface area contributed by atoms with Crippen molar-refractivity contribution < 1.29 is 9.90 Å². The molecule has 0 radical (unpaired) electrons. The fraction of sp³-hybridized carbons (Fsp3) is 0.571. The zero-order chi connectivity index (χ0) is 13.6. The molecule has 1 aliphatic rings. The van der Waals surface area contributed by atoms with Gasteiger partial charge in [-0.15, -0.1) is 11.3 Å². The Labute approximate surface area is 116 Å². The van der Waals surface area contributed by atoms with E-state index in [2.05, 4.69) is 18.5 Å². The van der Waals surface area contributed by atoms with Gasteiger partial charge in [0.2, 0.25) is 0 Å². The molecule has 2 aromatic rings. The first kappa shape index (κ1) is 12.7. The summed E-state index contributed by atoms with van der Waals surface area (Å²) >= 11 is 1.36. The van der Waals surface area contributed by atoms with Crippen LogP contribution in [0.5, 0.6) is 0 Å². The van der Waals surface area contributed by atoms with Crippen molar-refractivity contribution in [3.8, 4) is 0 Å². The predicted molar refractivity (Wildman–Crippen MR) is 76.2 cm³/mol. The van der Waals surface area contributed by atoms with Crippen LogP contribution < -0.4 is 0 Å². The number of carboxylic acid groups (broad SMARTS) is 1. The Morgan fingerprint density at radius 3 is 2.74 bits per heavy atom. The Morgan fingerprint density at radius 1 is 1.47 bits per heavy atom. The van der Waals surface area contributed by atoms with Crippen LogP contribution in [0.15, 0.2) is 6.07 Å². The van der Waals surface area contributed by atoms with Crippen molar-refractivity contribution in [2.24, 2.45) is 0 Å². The summed E-state index contributed by atoms with van der Waals surface area (Å²) in [5, 5.41) is 15.0. The summed E-state index contributed by atoms with van der Waals surface area (Å²) < 4.78 is 2.09. The minimum atomic E-state index is -0.839. The second-order valence-electron chi connectivity index (χ2n) is 5.56. The van der Waals surface area contributed by atoms with Gasteiger partial charge in [0.15, 0.2) is 0 Å². The molecule has 0 aromatic carbocycles. The number of aromatic carboxylic acids is 1. The SMILES string of the molecule is CC(C)c1nn(C2CCCC2)c2sc(C(=O)O)cc12. The lowest BCUT2D eigenvalue weighted by atomic mass is 10.1. The van der Waals surface area contributed by atoms with Crippen LogP contribution in [0.3, 0.4) is 0 Å². The molecule has 1 aliphatic carbocycles. The highest BCUT2D eigenvalue weighted by atomic mass is 32.1. The second-order valence-corrected chi connectivity index (χ2v) is 6.59. The summed E-state index contributed by atoms with van der Waals surface area (Å²) in [6, 6.07) is 2.24. The van der Waals surface area contributed by atoms with Crippen LogP contribution in [0, 0.1) is 0 Å². The van der Waals surface area contributed by atoms with Gasteiger partial charge in [0.05, 0.1) is 11.7 Å². The van der Waals surface area contributed by atoms with Crippen molar-refractivity contribution in [2.75, 3.05) is 0 Å². The van der Waals surface area contributed by atoms with E-state index in [4.69, 9.17) is 5.10 Å². The van der Waals surface area contributed by atoms with Crippen molar-refractivity contribution in [1.29, 1.82) is 0 Å². The van der Waals surface area contributed by atoms with Gasteiger partial charge in [-0.1, -0.05) is 26.7 Å². The van der Waals surface area contributed by atoms with E-state index >= 15 is 0 Å². The topological polar surface area (TPSA) is 55.1 Å². The number of hydrogen-bond donors (Lipinski definition) is 1. The molecule has 4 nitrogen and oxygen atoms in total. The molecule has 0 spiro atoms. The van der Waals surface area contributed by atoms with E-state index in [0.29, 0.717) is 16.8 Å². The lowest BCUT2D eigenvalue weighted by Crippen LogP contribution is -2.06. The molecule has 5 heteroatoms. The molecule has 1 saturated carbocycles. The summed E-state index contributed by atoms with van der Waals surface area (Å²) in [5.74, 6) is -0.518. The van der Waals surface area contributed by atoms with Gasteiger partial charge in [-0.3, -0.25) is 4.68 Å².